The summed E-state index contributed by atoms with van der Waals surface area (Å²) in [5.74, 6) is -0.345. The van der Waals surface area contributed by atoms with E-state index in [0.717, 1.165) is 4.90 Å². The zero-order valence-electron chi connectivity index (χ0n) is 15.6. The molecule has 0 aromatic heterocycles. The van der Waals surface area contributed by atoms with Crippen molar-refractivity contribution in [3.8, 4) is 5.75 Å². The molecule has 2 N–H and O–H groups in total. The molecule has 1 unspecified atom stereocenters. The predicted octanol–water partition coefficient (Wildman–Crippen LogP) is 2.96. The van der Waals surface area contributed by atoms with Crippen molar-refractivity contribution in [3.63, 3.8) is 0 Å². The van der Waals surface area contributed by atoms with Gasteiger partial charge in [0.05, 0.1) is 6.54 Å². The van der Waals surface area contributed by atoms with E-state index in [1.165, 1.54) is 0 Å². The van der Waals surface area contributed by atoms with Gasteiger partial charge in [-0.1, -0.05) is 35.3 Å². The molecule has 9 heteroatoms. The minimum atomic E-state index is -1.25. The lowest BCUT2D eigenvalue weighted by Gasteiger charge is -2.22. The van der Waals surface area contributed by atoms with E-state index in [0.29, 0.717) is 21.4 Å². The fraction of sp³-hybridized carbons (Fsp3) is 0.250. The van der Waals surface area contributed by atoms with E-state index >= 15 is 0 Å². The van der Waals surface area contributed by atoms with Gasteiger partial charge in [0, 0.05) is 10.0 Å². The molecule has 2 aromatic rings. The van der Waals surface area contributed by atoms with Crippen LogP contribution in [0.25, 0.3) is 0 Å². The van der Waals surface area contributed by atoms with Gasteiger partial charge in [-0.05, 0) is 48.9 Å². The fourth-order valence-corrected chi connectivity index (χ4v) is 3.16. The molecule has 4 amide bonds. The van der Waals surface area contributed by atoms with Crippen molar-refractivity contribution >= 4 is 41.0 Å². The van der Waals surface area contributed by atoms with Gasteiger partial charge in [0.25, 0.3) is 5.91 Å². The molecule has 0 spiro atoms. The summed E-state index contributed by atoms with van der Waals surface area (Å²) in [6, 6.07) is 12.8. The maximum absolute atomic E-state index is 12.8. The first-order valence-corrected chi connectivity index (χ1v) is 9.60. The van der Waals surface area contributed by atoms with Crippen molar-refractivity contribution in [2.75, 3.05) is 19.7 Å². The Hall–Kier alpha value is -2.77. The highest BCUT2D eigenvalue weighted by Gasteiger charge is 2.49. The number of carbonyl (C=O) groups excluding carboxylic acids is 3. The maximum Gasteiger partial charge on any atom is 0.325 e. The lowest BCUT2D eigenvalue weighted by atomic mass is 9.92. The molecule has 1 heterocycles. The third-order valence-electron chi connectivity index (χ3n) is 4.50. The summed E-state index contributed by atoms with van der Waals surface area (Å²) in [5, 5.41) is 6.39. The Labute approximate surface area is 177 Å². The van der Waals surface area contributed by atoms with E-state index in [9.17, 15) is 14.4 Å². The largest absolute Gasteiger partial charge is 0.492 e. The van der Waals surface area contributed by atoms with Crippen LogP contribution in [0.15, 0.2) is 48.5 Å². The van der Waals surface area contributed by atoms with Crippen molar-refractivity contribution in [3.05, 3.63) is 64.1 Å². The normalized spacial score (nSPS) is 18.5. The van der Waals surface area contributed by atoms with Crippen LogP contribution in [0.4, 0.5) is 4.79 Å². The Morgan fingerprint density at radius 1 is 1.07 bits per heavy atom. The number of rotatable bonds is 7. The predicted molar refractivity (Wildman–Crippen MR) is 109 cm³/mol. The van der Waals surface area contributed by atoms with Crippen LogP contribution in [0, 0.1) is 0 Å². The molecule has 1 fully saturated rings. The van der Waals surface area contributed by atoms with Crippen LogP contribution in [-0.4, -0.2) is 42.4 Å². The highest BCUT2D eigenvalue weighted by molar-refractivity contribution is 6.30. The molecule has 1 aliphatic heterocycles. The molecule has 2 aromatic carbocycles. The molecule has 7 nitrogen and oxygen atoms in total. The van der Waals surface area contributed by atoms with Crippen LogP contribution in [0.1, 0.15) is 12.5 Å². The number of ether oxygens (including phenoxy) is 1. The number of imide groups is 1. The average Bonchev–Trinajstić information content (AvgIpc) is 2.91. The lowest BCUT2D eigenvalue weighted by Crippen LogP contribution is -2.43. The van der Waals surface area contributed by atoms with Crippen LogP contribution in [0.3, 0.4) is 0 Å². The Morgan fingerprint density at radius 3 is 2.28 bits per heavy atom. The van der Waals surface area contributed by atoms with Gasteiger partial charge in [-0.3, -0.25) is 14.5 Å². The number of amides is 4. The molecule has 1 atom stereocenters. The molecule has 0 radical (unpaired) electrons. The van der Waals surface area contributed by atoms with Gasteiger partial charge in [-0.2, -0.15) is 0 Å². The average molecular weight is 436 g/mol. The zero-order chi connectivity index (χ0) is 21.0. The van der Waals surface area contributed by atoms with Gasteiger partial charge in [0.2, 0.25) is 5.91 Å². The molecular formula is C20H19Cl2N3O4. The number of nitrogens with one attached hydrogen (secondary N) is 2. The van der Waals surface area contributed by atoms with Crippen molar-refractivity contribution in [2.45, 2.75) is 12.5 Å². The highest BCUT2D eigenvalue weighted by atomic mass is 35.5. The van der Waals surface area contributed by atoms with E-state index in [-0.39, 0.29) is 19.7 Å². The van der Waals surface area contributed by atoms with Crippen molar-refractivity contribution in [1.82, 2.24) is 15.5 Å². The number of benzene rings is 2. The SMILES string of the molecule is CC1(c2ccc(Cl)cc2)NC(=O)N(CC(=O)NCCOc2ccc(Cl)cc2)C1=O. The lowest BCUT2D eigenvalue weighted by molar-refractivity contribution is -0.134. The number of hydrogen-bond acceptors (Lipinski definition) is 4. The van der Waals surface area contributed by atoms with Crippen LogP contribution in [0.5, 0.6) is 5.75 Å². The first-order chi connectivity index (χ1) is 13.8. The van der Waals surface area contributed by atoms with Crippen LogP contribution in [-0.2, 0) is 15.1 Å². The minimum Gasteiger partial charge on any atom is -0.492 e. The number of carbonyl (C=O) groups is 3. The van der Waals surface area contributed by atoms with Crippen LogP contribution < -0.4 is 15.4 Å². The van der Waals surface area contributed by atoms with Gasteiger partial charge in [-0.25, -0.2) is 4.79 Å². The monoisotopic (exact) mass is 435 g/mol. The van der Waals surface area contributed by atoms with Crippen molar-refractivity contribution in [1.29, 1.82) is 0 Å². The Bertz CT molecular complexity index is 918. The first-order valence-electron chi connectivity index (χ1n) is 8.85. The molecule has 152 valence electrons. The van der Waals surface area contributed by atoms with E-state index in [1.807, 2.05) is 0 Å². The molecule has 29 heavy (non-hydrogen) atoms. The summed E-state index contributed by atoms with van der Waals surface area (Å²) < 4.78 is 5.48. The first kappa shape index (κ1) is 21.0. The van der Waals surface area contributed by atoms with Crippen LogP contribution >= 0.6 is 23.2 Å². The molecule has 0 bridgehead atoms. The molecular weight excluding hydrogens is 417 g/mol. The second-order valence-electron chi connectivity index (χ2n) is 6.61. The minimum absolute atomic E-state index is 0.222. The molecule has 1 saturated heterocycles. The van der Waals surface area contributed by atoms with Crippen molar-refractivity contribution in [2.24, 2.45) is 0 Å². The van der Waals surface area contributed by atoms with Crippen LogP contribution in [0.2, 0.25) is 10.0 Å². The van der Waals surface area contributed by atoms with Gasteiger partial charge in [-0.15, -0.1) is 0 Å². The molecule has 1 aliphatic rings. The standard InChI is InChI=1S/C20H19Cl2N3O4/c1-20(13-2-4-14(21)5-3-13)18(27)25(19(28)24-20)12-17(26)23-10-11-29-16-8-6-15(22)7-9-16/h2-9H,10-12H2,1H3,(H,23,26)(H,24,28). The topological polar surface area (TPSA) is 87.7 Å². The Morgan fingerprint density at radius 2 is 1.66 bits per heavy atom. The zero-order valence-corrected chi connectivity index (χ0v) is 17.1. The maximum atomic E-state index is 12.8. The Balaban J connectivity index is 1.52. The number of nitrogens with zero attached hydrogens (tertiary/aromatic N) is 1. The second-order valence-corrected chi connectivity index (χ2v) is 7.48. The van der Waals surface area contributed by atoms with E-state index < -0.39 is 23.4 Å². The number of hydrogen-bond donors (Lipinski definition) is 2. The van der Waals surface area contributed by atoms with Gasteiger partial charge >= 0.3 is 6.03 Å². The van der Waals surface area contributed by atoms with Gasteiger partial charge in [0.1, 0.15) is 24.4 Å². The Kier molecular flexibility index (Phi) is 6.30. The third-order valence-corrected chi connectivity index (χ3v) is 5.01. The van der Waals surface area contributed by atoms with E-state index in [4.69, 9.17) is 27.9 Å². The molecule has 0 saturated carbocycles. The third kappa shape index (κ3) is 4.81. The van der Waals surface area contributed by atoms with Crippen molar-refractivity contribution < 1.29 is 19.1 Å². The fourth-order valence-electron chi connectivity index (χ4n) is 2.91. The summed E-state index contributed by atoms with van der Waals surface area (Å²) in [4.78, 5) is 38.1. The quantitative estimate of drug-likeness (QED) is 0.516. The van der Waals surface area contributed by atoms with Gasteiger partial charge in [0.15, 0.2) is 0 Å². The smallest absolute Gasteiger partial charge is 0.325 e. The van der Waals surface area contributed by atoms with E-state index in [1.54, 1.807) is 55.5 Å². The summed E-state index contributed by atoms with van der Waals surface area (Å²) in [6.07, 6.45) is 0. The summed E-state index contributed by atoms with van der Waals surface area (Å²) >= 11 is 11.7. The summed E-state index contributed by atoms with van der Waals surface area (Å²) in [5.41, 5.74) is -0.667. The molecule has 0 aliphatic carbocycles. The number of urea groups is 1. The van der Waals surface area contributed by atoms with Gasteiger partial charge < -0.3 is 15.4 Å². The number of halogens is 2. The highest BCUT2D eigenvalue weighted by Crippen LogP contribution is 2.29. The summed E-state index contributed by atoms with van der Waals surface area (Å²) in [7, 11) is 0. The van der Waals surface area contributed by atoms with E-state index in [2.05, 4.69) is 10.6 Å². The second kappa shape index (κ2) is 8.71. The summed E-state index contributed by atoms with van der Waals surface area (Å²) in [6.45, 7) is 1.67. The molecule has 3 rings (SSSR count).